The number of carboxylic acid groups (broad SMARTS) is 1. The fourth-order valence-corrected chi connectivity index (χ4v) is 0.930. The summed E-state index contributed by atoms with van der Waals surface area (Å²) < 4.78 is 24.0. The Morgan fingerprint density at radius 1 is 1.60 bits per heavy atom. The van der Waals surface area contributed by atoms with Gasteiger partial charge in [0.1, 0.15) is 6.09 Å². The SMILES string of the molecule is O=C([O-])NC1CC(F)(F)C1. The number of hydrogen-bond donors (Lipinski definition) is 1. The van der Waals surface area contributed by atoms with Gasteiger partial charge in [0, 0.05) is 18.9 Å². The third kappa shape index (κ3) is 1.55. The molecule has 0 unspecified atom stereocenters. The number of carbonyl (C=O) groups is 1. The Balaban J connectivity index is 2.21. The monoisotopic (exact) mass is 150 g/mol. The first-order chi connectivity index (χ1) is 4.49. The quantitative estimate of drug-likeness (QED) is 0.558. The van der Waals surface area contributed by atoms with Gasteiger partial charge in [-0.3, -0.25) is 0 Å². The van der Waals surface area contributed by atoms with E-state index in [1.165, 1.54) is 0 Å². The first-order valence-electron chi connectivity index (χ1n) is 2.85. The molecule has 1 rings (SSSR count). The molecule has 0 aliphatic heterocycles. The van der Waals surface area contributed by atoms with Crippen molar-refractivity contribution in [2.75, 3.05) is 0 Å². The van der Waals surface area contributed by atoms with Crippen LogP contribution in [-0.2, 0) is 0 Å². The largest absolute Gasteiger partial charge is 0.530 e. The zero-order chi connectivity index (χ0) is 7.78. The maximum Gasteiger partial charge on any atom is 0.252 e. The van der Waals surface area contributed by atoms with Gasteiger partial charge in [0.05, 0.1) is 0 Å². The van der Waals surface area contributed by atoms with Gasteiger partial charge in [-0.05, 0) is 0 Å². The third-order valence-corrected chi connectivity index (χ3v) is 1.41. The number of amides is 1. The molecule has 0 aromatic rings. The molecule has 0 spiro atoms. The van der Waals surface area contributed by atoms with E-state index in [0.29, 0.717) is 0 Å². The zero-order valence-electron chi connectivity index (χ0n) is 5.06. The lowest BCUT2D eigenvalue weighted by atomic mass is 9.88. The van der Waals surface area contributed by atoms with Crippen LogP contribution in [0.1, 0.15) is 12.8 Å². The van der Waals surface area contributed by atoms with Crippen molar-refractivity contribution in [1.82, 2.24) is 5.32 Å². The van der Waals surface area contributed by atoms with E-state index in [-0.39, 0.29) is 0 Å². The summed E-state index contributed by atoms with van der Waals surface area (Å²) in [5, 5.41) is 11.6. The lowest BCUT2D eigenvalue weighted by Crippen LogP contribution is -2.53. The van der Waals surface area contributed by atoms with Gasteiger partial charge in [0.15, 0.2) is 0 Å². The van der Waals surface area contributed by atoms with E-state index in [2.05, 4.69) is 0 Å². The molecule has 58 valence electrons. The molecule has 1 fully saturated rings. The first-order valence-corrected chi connectivity index (χ1v) is 2.85. The second-order valence-electron chi connectivity index (χ2n) is 2.39. The van der Waals surface area contributed by atoms with Crippen LogP contribution in [0.5, 0.6) is 0 Å². The molecule has 1 aliphatic carbocycles. The second kappa shape index (κ2) is 2.07. The fraction of sp³-hybridized carbons (Fsp3) is 0.800. The Morgan fingerprint density at radius 3 is 2.40 bits per heavy atom. The average molecular weight is 150 g/mol. The van der Waals surface area contributed by atoms with E-state index < -0.39 is 30.9 Å². The summed E-state index contributed by atoms with van der Waals surface area (Å²) in [5.41, 5.74) is 0. The zero-order valence-corrected chi connectivity index (χ0v) is 5.06. The molecule has 0 bridgehead atoms. The highest BCUT2D eigenvalue weighted by Crippen LogP contribution is 2.37. The highest BCUT2D eigenvalue weighted by molar-refractivity contribution is 5.62. The van der Waals surface area contributed by atoms with Crippen molar-refractivity contribution in [2.24, 2.45) is 0 Å². The van der Waals surface area contributed by atoms with Crippen LogP contribution in [0.2, 0.25) is 0 Å². The summed E-state index contributed by atoms with van der Waals surface area (Å²) in [6.07, 6.45) is -2.29. The second-order valence-corrected chi connectivity index (χ2v) is 2.39. The van der Waals surface area contributed by atoms with Gasteiger partial charge in [0.2, 0.25) is 0 Å². The maximum absolute atomic E-state index is 12.0. The number of hydrogen-bond acceptors (Lipinski definition) is 2. The minimum absolute atomic E-state index is 0.402. The van der Waals surface area contributed by atoms with Crippen LogP contribution < -0.4 is 10.4 Å². The molecular formula is C5H6F2NO2-. The van der Waals surface area contributed by atoms with Gasteiger partial charge < -0.3 is 15.2 Å². The molecule has 10 heavy (non-hydrogen) atoms. The highest BCUT2D eigenvalue weighted by atomic mass is 19.3. The Labute approximate surface area is 56.0 Å². The molecule has 1 aliphatic rings. The Kier molecular flexibility index (Phi) is 1.50. The standard InChI is InChI=1S/C5H7F2NO2/c6-5(7)1-3(2-5)8-4(9)10/h3,8H,1-2H2,(H,9,10)/p-1. The van der Waals surface area contributed by atoms with Crippen LogP contribution in [-0.4, -0.2) is 18.1 Å². The summed E-state index contributed by atoms with van der Waals surface area (Å²) in [5.74, 6) is -2.67. The van der Waals surface area contributed by atoms with Crippen molar-refractivity contribution < 1.29 is 18.7 Å². The van der Waals surface area contributed by atoms with E-state index in [4.69, 9.17) is 0 Å². The van der Waals surface area contributed by atoms with Crippen molar-refractivity contribution in [3.05, 3.63) is 0 Å². The number of halogens is 2. The number of nitrogens with one attached hydrogen (secondary N) is 1. The number of alkyl halides is 2. The van der Waals surface area contributed by atoms with Gasteiger partial charge in [-0.1, -0.05) is 0 Å². The van der Waals surface area contributed by atoms with Crippen molar-refractivity contribution in [3.63, 3.8) is 0 Å². The van der Waals surface area contributed by atoms with E-state index in [1.807, 2.05) is 5.32 Å². The molecule has 0 aromatic heterocycles. The normalized spacial score (nSPS) is 23.4. The summed E-state index contributed by atoms with van der Waals surface area (Å²) in [4.78, 5) is 9.75. The van der Waals surface area contributed by atoms with Crippen molar-refractivity contribution in [3.8, 4) is 0 Å². The van der Waals surface area contributed by atoms with Gasteiger partial charge in [0.25, 0.3) is 5.92 Å². The third-order valence-electron chi connectivity index (χ3n) is 1.41. The summed E-state index contributed by atoms with van der Waals surface area (Å²) in [6.45, 7) is 0. The molecule has 5 heteroatoms. The van der Waals surface area contributed by atoms with Crippen LogP contribution in [0, 0.1) is 0 Å². The smallest absolute Gasteiger partial charge is 0.252 e. The van der Waals surface area contributed by atoms with Crippen LogP contribution in [0.3, 0.4) is 0 Å². The van der Waals surface area contributed by atoms with Gasteiger partial charge >= 0.3 is 0 Å². The Bertz CT molecular complexity index is 152. The Morgan fingerprint density at radius 2 is 2.10 bits per heavy atom. The van der Waals surface area contributed by atoms with Crippen LogP contribution in [0.15, 0.2) is 0 Å². The molecule has 3 nitrogen and oxygen atoms in total. The minimum atomic E-state index is -2.67. The van der Waals surface area contributed by atoms with Crippen molar-refractivity contribution >= 4 is 6.09 Å². The van der Waals surface area contributed by atoms with Crippen molar-refractivity contribution in [1.29, 1.82) is 0 Å². The predicted octanol–water partition coefficient (Wildman–Crippen LogP) is -0.283. The average Bonchev–Trinajstić information content (AvgIpc) is 1.57. The molecule has 0 radical (unpaired) electrons. The minimum Gasteiger partial charge on any atom is -0.530 e. The molecule has 0 atom stereocenters. The van der Waals surface area contributed by atoms with E-state index in [1.54, 1.807) is 0 Å². The number of rotatable bonds is 1. The maximum atomic E-state index is 12.0. The van der Waals surface area contributed by atoms with E-state index in [9.17, 15) is 18.7 Å². The van der Waals surface area contributed by atoms with E-state index in [0.717, 1.165) is 0 Å². The topological polar surface area (TPSA) is 52.2 Å². The lowest BCUT2D eigenvalue weighted by molar-refractivity contribution is -0.254. The number of carbonyl (C=O) groups excluding carboxylic acids is 1. The summed E-state index contributed by atoms with van der Waals surface area (Å²) in [7, 11) is 0. The molecule has 0 aromatic carbocycles. The summed E-state index contributed by atoms with van der Waals surface area (Å²) in [6, 6.07) is -0.611. The Hall–Kier alpha value is -0.870. The van der Waals surface area contributed by atoms with Crippen LogP contribution in [0.4, 0.5) is 13.6 Å². The van der Waals surface area contributed by atoms with Crippen LogP contribution >= 0.6 is 0 Å². The highest BCUT2D eigenvalue weighted by Gasteiger charge is 2.45. The first kappa shape index (κ1) is 7.24. The van der Waals surface area contributed by atoms with Crippen molar-refractivity contribution in [2.45, 2.75) is 24.8 Å². The molecule has 1 saturated carbocycles. The molecule has 1 N–H and O–H groups in total. The lowest BCUT2D eigenvalue weighted by Gasteiger charge is -2.35. The molecule has 1 amide bonds. The molecular weight excluding hydrogens is 144 g/mol. The van der Waals surface area contributed by atoms with Gasteiger partial charge in [-0.25, -0.2) is 8.78 Å². The summed E-state index contributed by atoms with van der Waals surface area (Å²) >= 11 is 0. The molecule has 0 saturated heterocycles. The van der Waals surface area contributed by atoms with E-state index >= 15 is 0 Å². The fourth-order valence-electron chi connectivity index (χ4n) is 0.930. The van der Waals surface area contributed by atoms with Crippen LogP contribution in [0.25, 0.3) is 0 Å². The molecule has 0 heterocycles. The van der Waals surface area contributed by atoms with Gasteiger partial charge in [-0.15, -0.1) is 0 Å². The predicted molar refractivity (Wildman–Crippen MR) is 26.5 cm³/mol. The van der Waals surface area contributed by atoms with Gasteiger partial charge in [-0.2, -0.15) is 0 Å².